The van der Waals surface area contributed by atoms with Gasteiger partial charge in [0.2, 0.25) is 5.91 Å². The normalized spacial score (nSPS) is 16.3. The average molecular weight is 458 g/mol. The lowest BCUT2D eigenvalue weighted by Gasteiger charge is -2.23. The number of ether oxygens (including phenoxy) is 1. The van der Waals surface area contributed by atoms with Crippen molar-refractivity contribution in [2.45, 2.75) is 31.7 Å². The van der Waals surface area contributed by atoms with Gasteiger partial charge in [-0.1, -0.05) is 18.2 Å². The maximum atomic E-state index is 12.4. The number of amides is 1. The van der Waals surface area contributed by atoms with Crippen LogP contribution in [0.4, 0.5) is 6.01 Å². The number of halogens is 1. The molecule has 1 N–H and O–H groups in total. The summed E-state index contributed by atoms with van der Waals surface area (Å²) in [5.41, 5.74) is 2.76. The molecule has 3 aromatic rings. The van der Waals surface area contributed by atoms with Gasteiger partial charge in [0.1, 0.15) is 11.3 Å². The zero-order valence-electron chi connectivity index (χ0n) is 16.4. The number of oxazole rings is 1. The second-order valence-electron chi connectivity index (χ2n) is 7.23. The summed E-state index contributed by atoms with van der Waals surface area (Å²) in [7, 11) is 1.64. The number of rotatable bonds is 7. The Hall–Kier alpha value is -2.54. The first kappa shape index (κ1) is 19.8. The summed E-state index contributed by atoms with van der Waals surface area (Å²) >= 11 is 3.49. The maximum Gasteiger partial charge on any atom is 0.298 e. The Balaban J connectivity index is 1.30. The molecule has 4 rings (SSSR count). The summed E-state index contributed by atoms with van der Waals surface area (Å²) in [5.74, 6) is 0.847. The molecule has 2 heterocycles. The van der Waals surface area contributed by atoms with Crippen LogP contribution in [0.5, 0.6) is 5.75 Å². The molecule has 0 radical (unpaired) electrons. The second-order valence-corrected chi connectivity index (χ2v) is 8.08. The number of nitrogens with zero attached hydrogens (tertiary/aromatic N) is 2. The Kier molecular flexibility index (Phi) is 6.04. The number of anilines is 1. The van der Waals surface area contributed by atoms with Crippen LogP contribution in [-0.4, -0.2) is 37.1 Å². The third kappa shape index (κ3) is 4.56. The molecule has 1 unspecified atom stereocenters. The summed E-state index contributed by atoms with van der Waals surface area (Å²) in [5, 5.41) is 3.08. The van der Waals surface area contributed by atoms with Crippen LogP contribution in [0.15, 0.2) is 51.4 Å². The molecule has 6 nitrogen and oxygen atoms in total. The predicted octanol–water partition coefficient (Wildman–Crippen LogP) is 4.32. The van der Waals surface area contributed by atoms with Gasteiger partial charge in [-0.05, 0) is 65.0 Å². The highest BCUT2D eigenvalue weighted by Gasteiger charge is 2.28. The molecule has 1 atom stereocenters. The molecule has 1 aromatic heterocycles. The minimum absolute atomic E-state index is 0.0568. The zero-order valence-corrected chi connectivity index (χ0v) is 17.9. The summed E-state index contributed by atoms with van der Waals surface area (Å²) in [6.07, 6.45) is 3.23. The molecular formula is C22H24BrN3O3. The van der Waals surface area contributed by atoms with E-state index in [4.69, 9.17) is 9.15 Å². The highest BCUT2D eigenvalue weighted by molar-refractivity contribution is 9.10. The number of methoxy groups -OCH3 is 1. The van der Waals surface area contributed by atoms with Gasteiger partial charge in [-0.3, -0.25) is 4.79 Å². The van der Waals surface area contributed by atoms with E-state index < -0.39 is 0 Å². The van der Waals surface area contributed by atoms with Crippen molar-refractivity contribution in [3.63, 3.8) is 0 Å². The number of benzene rings is 2. The van der Waals surface area contributed by atoms with E-state index in [0.29, 0.717) is 25.4 Å². The highest BCUT2D eigenvalue weighted by Crippen LogP contribution is 2.28. The van der Waals surface area contributed by atoms with Crippen molar-refractivity contribution in [2.75, 3.05) is 25.1 Å². The largest absolute Gasteiger partial charge is 0.496 e. The first-order valence-electron chi connectivity index (χ1n) is 9.85. The molecule has 0 spiro atoms. The first-order valence-corrected chi connectivity index (χ1v) is 10.6. The van der Waals surface area contributed by atoms with Crippen molar-refractivity contribution in [1.82, 2.24) is 10.3 Å². The van der Waals surface area contributed by atoms with E-state index in [9.17, 15) is 4.79 Å². The molecule has 1 fully saturated rings. The van der Waals surface area contributed by atoms with Gasteiger partial charge in [0.25, 0.3) is 6.01 Å². The smallest absolute Gasteiger partial charge is 0.298 e. The Labute approximate surface area is 178 Å². The Morgan fingerprint density at radius 1 is 1.34 bits per heavy atom. The summed E-state index contributed by atoms with van der Waals surface area (Å²) in [4.78, 5) is 19.1. The van der Waals surface area contributed by atoms with Crippen LogP contribution in [0.1, 0.15) is 24.8 Å². The minimum atomic E-state index is 0.0568. The summed E-state index contributed by atoms with van der Waals surface area (Å²) in [6, 6.07) is 14.5. The molecule has 1 saturated heterocycles. The second kappa shape index (κ2) is 8.86. The van der Waals surface area contributed by atoms with E-state index in [0.717, 1.165) is 46.3 Å². The van der Waals surface area contributed by atoms with Gasteiger partial charge >= 0.3 is 0 Å². The van der Waals surface area contributed by atoms with E-state index in [1.165, 1.54) is 0 Å². The fourth-order valence-electron chi connectivity index (χ4n) is 3.73. The van der Waals surface area contributed by atoms with Crippen molar-refractivity contribution < 1.29 is 13.9 Å². The van der Waals surface area contributed by atoms with Crippen LogP contribution in [-0.2, 0) is 11.2 Å². The fraction of sp³-hybridized carbons (Fsp3) is 0.364. The Morgan fingerprint density at radius 3 is 3.00 bits per heavy atom. The molecule has 0 saturated carbocycles. The lowest BCUT2D eigenvalue weighted by Crippen LogP contribution is -2.40. The van der Waals surface area contributed by atoms with Gasteiger partial charge in [0, 0.05) is 19.5 Å². The molecule has 29 heavy (non-hydrogen) atoms. The molecular weight excluding hydrogens is 434 g/mol. The van der Waals surface area contributed by atoms with Gasteiger partial charge in [0.05, 0.1) is 17.6 Å². The summed E-state index contributed by atoms with van der Waals surface area (Å²) < 4.78 is 12.1. The molecule has 0 aliphatic carbocycles. The topological polar surface area (TPSA) is 67.6 Å². The average Bonchev–Trinajstić information content (AvgIpc) is 3.37. The molecule has 152 valence electrons. The Morgan fingerprint density at radius 2 is 2.21 bits per heavy atom. The number of carbonyl (C=O) groups is 1. The number of aromatic nitrogens is 1. The van der Waals surface area contributed by atoms with Gasteiger partial charge in [-0.15, -0.1) is 0 Å². The number of fused-ring (bicyclic) bond motifs is 1. The highest BCUT2D eigenvalue weighted by atomic mass is 79.9. The van der Waals surface area contributed by atoms with E-state index in [-0.39, 0.29) is 11.9 Å². The quantitative estimate of drug-likeness (QED) is 0.572. The summed E-state index contributed by atoms with van der Waals surface area (Å²) in [6.45, 7) is 1.50. The number of nitrogens with one attached hydrogen (secondary N) is 1. The number of aryl methyl sites for hydroxylation is 1. The number of hydrogen-bond donors (Lipinski definition) is 1. The van der Waals surface area contributed by atoms with Gasteiger partial charge in [0.15, 0.2) is 5.58 Å². The fourth-order valence-corrected chi connectivity index (χ4v) is 4.31. The first-order chi connectivity index (χ1) is 14.1. The number of carbonyl (C=O) groups excluding carboxylic acids is 1. The zero-order chi connectivity index (χ0) is 20.2. The third-order valence-electron chi connectivity index (χ3n) is 5.30. The monoisotopic (exact) mass is 457 g/mol. The predicted molar refractivity (Wildman–Crippen MR) is 116 cm³/mol. The van der Waals surface area contributed by atoms with Gasteiger partial charge in [-0.2, -0.15) is 4.98 Å². The van der Waals surface area contributed by atoms with E-state index in [1.807, 2.05) is 42.5 Å². The van der Waals surface area contributed by atoms with Gasteiger partial charge in [-0.25, -0.2) is 0 Å². The molecule has 1 aliphatic rings. The van der Waals surface area contributed by atoms with Gasteiger partial charge < -0.3 is 19.4 Å². The van der Waals surface area contributed by atoms with Crippen LogP contribution in [0, 0.1) is 0 Å². The third-order valence-corrected chi connectivity index (χ3v) is 5.92. The van der Waals surface area contributed by atoms with Crippen molar-refractivity contribution in [2.24, 2.45) is 0 Å². The van der Waals surface area contributed by atoms with Crippen molar-refractivity contribution in [3.05, 3.63) is 52.5 Å². The van der Waals surface area contributed by atoms with E-state index in [2.05, 4.69) is 31.1 Å². The molecule has 2 aromatic carbocycles. The van der Waals surface area contributed by atoms with E-state index >= 15 is 0 Å². The lowest BCUT2D eigenvalue weighted by molar-refractivity contribution is -0.121. The van der Waals surface area contributed by atoms with E-state index in [1.54, 1.807) is 7.11 Å². The minimum Gasteiger partial charge on any atom is -0.496 e. The maximum absolute atomic E-state index is 12.4. The molecule has 1 aliphatic heterocycles. The van der Waals surface area contributed by atoms with Crippen molar-refractivity contribution >= 4 is 39.0 Å². The number of para-hydroxylation sites is 2. The van der Waals surface area contributed by atoms with Crippen LogP contribution in [0.25, 0.3) is 11.1 Å². The lowest BCUT2D eigenvalue weighted by atomic mass is 10.1. The van der Waals surface area contributed by atoms with Crippen LogP contribution in [0.2, 0.25) is 0 Å². The molecule has 7 heteroatoms. The van der Waals surface area contributed by atoms with Crippen molar-refractivity contribution in [1.29, 1.82) is 0 Å². The number of hydrogen-bond acceptors (Lipinski definition) is 5. The van der Waals surface area contributed by atoms with Crippen LogP contribution >= 0.6 is 15.9 Å². The molecule has 1 amide bonds. The van der Waals surface area contributed by atoms with Crippen molar-refractivity contribution in [3.8, 4) is 5.75 Å². The molecule has 0 bridgehead atoms. The van der Waals surface area contributed by atoms with Crippen LogP contribution < -0.4 is 15.0 Å². The Bertz CT molecular complexity index is 971. The van der Waals surface area contributed by atoms with Crippen LogP contribution in [0.3, 0.4) is 0 Å². The standard InChI is InChI=1S/C22H24BrN3O3/c1-28-19-10-8-15(13-17(19)23)9-11-21(27)24-14-16-5-4-12-26(16)22-25-18-6-2-3-7-20(18)29-22/h2-3,6-8,10,13,16H,4-5,9,11-12,14H2,1H3,(H,24,27). The SMILES string of the molecule is COc1ccc(CCC(=O)NCC2CCCN2c2nc3ccccc3o2)cc1Br.